The molecule has 0 heterocycles. The second-order valence-corrected chi connectivity index (χ2v) is 5.69. The Morgan fingerprint density at radius 3 is 2.00 bits per heavy atom. The van der Waals surface area contributed by atoms with Gasteiger partial charge < -0.3 is 33.5 Å². The van der Waals surface area contributed by atoms with Gasteiger partial charge in [0, 0.05) is 18.7 Å². The Morgan fingerprint density at radius 2 is 1.48 bits per heavy atom. The summed E-state index contributed by atoms with van der Waals surface area (Å²) < 4.78 is 31.6. The van der Waals surface area contributed by atoms with Crippen LogP contribution in [0.1, 0.15) is 13.8 Å². The second-order valence-electron chi connectivity index (χ2n) is 4.78. The average molecular weight is 401 g/mol. The molecule has 0 aromatic heterocycles. The van der Waals surface area contributed by atoms with Crippen molar-refractivity contribution in [3.05, 3.63) is 10.6 Å². The molecule has 1 unspecified atom stereocenters. The van der Waals surface area contributed by atoms with Gasteiger partial charge in [-0.1, -0.05) is 15.9 Å². The maximum atomic E-state index is 10.2. The van der Waals surface area contributed by atoms with Crippen LogP contribution in [-0.4, -0.2) is 77.7 Å². The van der Waals surface area contributed by atoms with Gasteiger partial charge in [-0.15, -0.1) is 0 Å². The summed E-state index contributed by atoms with van der Waals surface area (Å²) in [4.78, 5) is 0. The number of aliphatic hydroxyl groups excluding tert-OH is 1. The molecule has 138 valence electrons. The summed E-state index contributed by atoms with van der Waals surface area (Å²) in [6.45, 7) is 5.83. The Morgan fingerprint density at radius 1 is 0.957 bits per heavy atom. The topological polar surface area (TPSA) is 75.6 Å². The minimum atomic E-state index is -0.804. The molecule has 0 aliphatic heterocycles. The highest BCUT2D eigenvalue weighted by molar-refractivity contribution is 9.11. The molecule has 8 heteroatoms. The second kappa shape index (κ2) is 15.5. The molecule has 0 bridgehead atoms. The number of hydrogen-bond donors (Lipinski definition) is 1. The van der Waals surface area contributed by atoms with Crippen LogP contribution in [0, 0.1) is 0 Å². The van der Waals surface area contributed by atoms with E-state index in [0.29, 0.717) is 30.9 Å². The molecule has 0 amide bonds. The molecule has 0 radical (unpaired) electrons. The van der Waals surface area contributed by atoms with Crippen LogP contribution in [0.5, 0.6) is 0 Å². The zero-order valence-corrected chi connectivity index (χ0v) is 15.9. The van der Waals surface area contributed by atoms with Crippen molar-refractivity contribution in [2.75, 3.05) is 54.2 Å². The van der Waals surface area contributed by atoms with Gasteiger partial charge in [-0.3, -0.25) is 0 Å². The summed E-state index contributed by atoms with van der Waals surface area (Å²) in [7, 11) is 3.21. The number of hydrogen-bond acceptors (Lipinski definition) is 7. The standard InChI is InChI=1S/C15H29BrO7/c1-12(22-10-20-7-5-18-3)9-14(16)15(17)13(2)23-11-21-8-6-19-4/h9,12-13,15,17H,5-8,10-11H2,1-4H3/b14-9+/t12-,13-,15?/m1/s1. The van der Waals surface area contributed by atoms with E-state index in [9.17, 15) is 5.11 Å². The van der Waals surface area contributed by atoms with E-state index in [1.54, 1.807) is 27.2 Å². The summed E-state index contributed by atoms with van der Waals surface area (Å²) in [5.41, 5.74) is 0. The molecule has 7 nitrogen and oxygen atoms in total. The van der Waals surface area contributed by atoms with Crippen LogP contribution in [0.15, 0.2) is 10.6 Å². The molecule has 0 saturated carbocycles. The van der Waals surface area contributed by atoms with Gasteiger partial charge >= 0.3 is 0 Å². The molecule has 0 rings (SSSR count). The van der Waals surface area contributed by atoms with Crippen molar-refractivity contribution in [1.29, 1.82) is 0 Å². The van der Waals surface area contributed by atoms with Gasteiger partial charge in [-0.05, 0) is 19.9 Å². The van der Waals surface area contributed by atoms with Gasteiger partial charge in [-0.25, -0.2) is 0 Å². The zero-order valence-electron chi connectivity index (χ0n) is 14.3. The minimum Gasteiger partial charge on any atom is -0.385 e. The lowest BCUT2D eigenvalue weighted by molar-refractivity contribution is -0.115. The number of methoxy groups -OCH3 is 2. The van der Waals surface area contributed by atoms with Crippen LogP contribution < -0.4 is 0 Å². The zero-order chi connectivity index (χ0) is 17.5. The van der Waals surface area contributed by atoms with Crippen LogP contribution in [0.3, 0.4) is 0 Å². The highest BCUT2D eigenvalue weighted by atomic mass is 79.9. The lowest BCUT2D eigenvalue weighted by atomic mass is 10.2. The van der Waals surface area contributed by atoms with Crippen molar-refractivity contribution >= 4 is 15.9 Å². The summed E-state index contributed by atoms with van der Waals surface area (Å²) >= 11 is 3.34. The fourth-order valence-electron chi connectivity index (χ4n) is 1.40. The van der Waals surface area contributed by atoms with Crippen LogP contribution in [0.2, 0.25) is 0 Å². The first-order valence-corrected chi connectivity index (χ1v) is 8.24. The van der Waals surface area contributed by atoms with Crippen molar-refractivity contribution in [3.8, 4) is 0 Å². The van der Waals surface area contributed by atoms with E-state index in [2.05, 4.69) is 15.9 Å². The third-order valence-electron chi connectivity index (χ3n) is 2.81. The lowest BCUT2D eigenvalue weighted by Gasteiger charge is -2.20. The molecule has 0 aromatic rings. The van der Waals surface area contributed by atoms with Gasteiger partial charge in [0.1, 0.15) is 19.7 Å². The molecule has 0 aromatic carbocycles. The maximum absolute atomic E-state index is 10.2. The number of rotatable bonds is 15. The Labute approximate surface area is 147 Å². The van der Waals surface area contributed by atoms with E-state index < -0.39 is 12.2 Å². The van der Waals surface area contributed by atoms with Gasteiger partial charge in [0.15, 0.2) is 0 Å². The summed E-state index contributed by atoms with van der Waals surface area (Å²) in [5, 5.41) is 10.2. The molecule has 0 fully saturated rings. The smallest absolute Gasteiger partial charge is 0.147 e. The average Bonchev–Trinajstić information content (AvgIpc) is 2.53. The fourth-order valence-corrected chi connectivity index (χ4v) is 2.14. The van der Waals surface area contributed by atoms with Crippen LogP contribution in [0.4, 0.5) is 0 Å². The monoisotopic (exact) mass is 400 g/mol. The molecule has 0 saturated heterocycles. The van der Waals surface area contributed by atoms with Gasteiger partial charge in [0.25, 0.3) is 0 Å². The SMILES string of the molecule is COCCOCO[C@H](C)/C=C(/Br)C(O)[C@@H](C)OCOCCOC. The molecule has 23 heavy (non-hydrogen) atoms. The maximum Gasteiger partial charge on any atom is 0.147 e. The third-order valence-corrected chi connectivity index (χ3v) is 3.55. The number of ether oxygens (including phenoxy) is 6. The van der Waals surface area contributed by atoms with E-state index >= 15 is 0 Å². The third kappa shape index (κ3) is 13.0. The Kier molecular flexibility index (Phi) is 15.4. The molecule has 1 N–H and O–H groups in total. The Hall–Kier alpha value is -0.0600. The first kappa shape index (κ1) is 22.9. The number of aliphatic hydroxyl groups is 1. The Balaban J connectivity index is 3.96. The molecular formula is C15H29BrO7. The molecule has 0 aliphatic rings. The van der Waals surface area contributed by atoms with Crippen molar-refractivity contribution in [3.63, 3.8) is 0 Å². The van der Waals surface area contributed by atoms with E-state index in [1.165, 1.54) is 0 Å². The van der Waals surface area contributed by atoms with Crippen molar-refractivity contribution in [1.82, 2.24) is 0 Å². The predicted octanol–water partition coefficient (Wildman–Crippen LogP) is 1.68. The van der Waals surface area contributed by atoms with E-state index in [0.717, 1.165) is 0 Å². The quantitative estimate of drug-likeness (QED) is 0.331. The summed E-state index contributed by atoms with van der Waals surface area (Å²) in [5.74, 6) is 0. The summed E-state index contributed by atoms with van der Waals surface area (Å²) in [6.07, 6.45) is 0.317. The first-order valence-electron chi connectivity index (χ1n) is 7.44. The van der Waals surface area contributed by atoms with Gasteiger partial charge in [0.05, 0.1) is 38.6 Å². The number of halogens is 1. The predicted molar refractivity (Wildman–Crippen MR) is 89.5 cm³/mol. The van der Waals surface area contributed by atoms with Crippen molar-refractivity contribution in [2.45, 2.75) is 32.2 Å². The summed E-state index contributed by atoms with van der Waals surface area (Å²) in [6, 6.07) is 0. The molecule has 0 aliphatic carbocycles. The molecular weight excluding hydrogens is 372 g/mol. The highest BCUT2D eigenvalue weighted by Gasteiger charge is 2.18. The fraction of sp³-hybridized carbons (Fsp3) is 0.867. The van der Waals surface area contributed by atoms with Crippen LogP contribution >= 0.6 is 15.9 Å². The first-order chi connectivity index (χ1) is 11.0. The lowest BCUT2D eigenvalue weighted by Crippen LogP contribution is -2.28. The van der Waals surface area contributed by atoms with Crippen LogP contribution in [0.25, 0.3) is 0 Å². The van der Waals surface area contributed by atoms with E-state index in [1.807, 2.05) is 6.92 Å². The van der Waals surface area contributed by atoms with E-state index in [4.69, 9.17) is 28.4 Å². The van der Waals surface area contributed by atoms with Crippen molar-refractivity contribution in [2.24, 2.45) is 0 Å². The van der Waals surface area contributed by atoms with Crippen molar-refractivity contribution < 1.29 is 33.5 Å². The molecule has 0 spiro atoms. The van der Waals surface area contributed by atoms with E-state index in [-0.39, 0.29) is 19.7 Å². The molecule has 3 atom stereocenters. The van der Waals surface area contributed by atoms with Gasteiger partial charge in [-0.2, -0.15) is 0 Å². The Bertz CT molecular complexity index is 302. The van der Waals surface area contributed by atoms with Crippen LogP contribution in [-0.2, 0) is 28.4 Å². The highest BCUT2D eigenvalue weighted by Crippen LogP contribution is 2.17. The largest absolute Gasteiger partial charge is 0.385 e. The normalized spacial score (nSPS) is 16.3. The minimum absolute atomic E-state index is 0.0985. The van der Waals surface area contributed by atoms with Gasteiger partial charge in [0.2, 0.25) is 0 Å².